The fourth-order valence-electron chi connectivity index (χ4n) is 2.44. The molecule has 0 spiro atoms. The van der Waals surface area contributed by atoms with Crippen molar-refractivity contribution >= 4 is 11.8 Å². The molecule has 1 aliphatic rings. The second-order valence-corrected chi connectivity index (χ2v) is 5.48. The van der Waals surface area contributed by atoms with Crippen molar-refractivity contribution in [2.24, 2.45) is 11.7 Å². The lowest BCUT2D eigenvalue weighted by molar-refractivity contribution is -0.117. The summed E-state index contributed by atoms with van der Waals surface area (Å²) >= 11 is 0. The number of carbonyl (C=O) groups is 1. The number of anilines is 1. The van der Waals surface area contributed by atoms with Gasteiger partial charge in [-0.2, -0.15) is 5.26 Å². The SMILES string of the molecule is Cc1oc(NC(=O)CN2CC(C)C(N)C2)c(C#N)c1C. The number of amides is 1. The van der Waals surface area contributed by atoms with Crippen molar-refractivity contribution in [1.29, 1.82) is 5.26 Å². The highest BCUT2D eigenvalue weighted by atomic mass is 16.4. The van der Waals surface area contributed by atoms with Gasteiger partial charge in [-0.05, 0) is 19.8 Å². The van der Waals surface area contributed by atoms with Gasteiger partial charge in [0, 0.05) is 24.7 Å². The molecule has 0 radical (unpaired) electrons. The summed E-state index contributed by atoms with van der Waals surface area (Å²) in [6.07, 6.45) is 0. The molecule has 1 aromatic rings. The van der Waals surface area contributed by atoms with Gasteiger partial charge in [-0.3, -0.25) is 15.0 Å². The van der Waals surface area contributed by atoms with Crippen molar-refractivity contribution in [1.82, 2.24) is 4.90 Å². The molecule has 1 saturated heterocycles. The van der Waals surface area contributed by atoms with Crippen LogP contribution in [-0.2, 0) is 4.79 Å². The number of furan rings is 1. The number of likely N-dealkylation sites (tertiary alicyclic amines) is 1. The van der Waals surface area contributed by atoms with Gasteiger partial charge in [-0.15, -0.1) is 0 Å². The van der Waals surface area contributed by atoms with Crippen molar-refractivity contribution in [3.05, 3.63) is 16.9 Å². The van der Waals surface area contributed by atoms with Gasteiger partial charge in [0.2, 0.25) is 11.8 Å². The molecule has 6 nitrogen and oxygen atoms in total. The number of hydrogen-bond donors (Lipinski definition) is 2. The second-order valence-electron chi connectivity index (χ2n) is 5.48. The minimum atomic E-state index is -0.184. The third-order valence-corrected chi connectivity index (χ3v) is 3.86. The van der Waals surface area contributed by atoms with E-state index in [0.717, 1.165) is 18.7 Å². The molecule has 1 aromatic heterocycles. The van der Waals surface area contributed by atoms with Crippen LogP contribution in [0.25, 0.3) is 0 Å². The molecule has 108 valence electrons. The fourth-order valence-corrected chi connectivity index (χ4v) is 2.44. The summed E-state index contributed by atoms with van der Waals surface area (Å²) in [5, 5.41) is 11.8. The van der Waals surface area contributed by atoms with Gasteiger partial charge < -0.3 is 10.2 Å². The van der Waals surface area contributed by atoms with Gasteiger partial charge in [-0.25, -0.2) is 0 Å². The molecule has 1 amide bonds. The molecule has 2 rings (SSSR count). The number of nitriles is 1. The number of nitrogens with two attached hydrogens (primary N) is 1. The molecule has 20 heavy (non-hydrogen) atoms. The summed E-state index contributed by atoms with van der Waals surface area (Å²) in [6.45, 7) is 7.45. The summed E-state index contributed by atoms with van der Waals surface area (Å²) < 4.78 is 5.42. The Morgan fingerprint density at radius 3 is 2.80 bits per heavy atom. The Hall–Kier alpha value is -1.84. The zero-order chi connectivity index (χ0) is 14.9. The average Bonchev–Trinajstić information content (AvgIpc) is 2.80. The van der Waals surface area contributed by atoms with Gasteiger partial charge in [0.15, 0.2) is 0 Å². The second kappa shape index (κ2) is 5.65. The third-order valence-electron chi connectivity index (χ3n) is 3.86. The maximum absolute atomic E-state index is 12.0. The molecule has 1 fully saturated rings. The first-order valence-electron chi connectivity index (χ1n) is 6.70. The predicted molar refractivity (Wildman–Crippen MR) is 75.1 cm³/mol. The van der Waals surface area contributed by atoms with Crippen LogP contribution in [0, 0.1) is 31.1 Å². The van der Waals surface area contributed by atoms with E-state index in [1.165, 1.54) is 0 Å². The molecule has 0 aliphatic carbocycles. The number of aryl methyl sites for hydroxylation is 1. The van der Waals surface area contributed by atoms with E-state index in [9.17, 15) is 4.79 Å². The van der Waals surface area contributed by atoms with Gasteiger partial charge in [0.25, 0.3) is 0 Å². The predicted octanol–water partition coefficient (Wildman–Crippen LogP) is 0.986. The highest BCUT2D eigenvalue weighted by molar-refractivity contribution is 5.92. The van der Waals surface area contributed by atoms with E-state index in [0.29, 0.717) is 17.2 Å². The largest absolute Gasteiger partial charge is 0.444 e. The molecule has 6 heteroatoms. The van der Waals surface area contributed by atoms with Gasteiger partial charge in [-0.1, -0.05) is 6.92 Å². The number of nitrogens with zero attached hydrogens (tertiary/aromatic N) is 2. The maximum atomic E-state index is 12.0. The molecule has 1 aliphatic heterocycles. The van der Waals surface area contributed by atoms with Crippen molar-refractivity contribution in [2.45, 2.75) is 26.8 Å². The van der Waals surface area contributed by atoms with Crippen molar-refractivity contribution < 1.29 is 9.21 Å². The minimum absolute atomic E-state index is 0.116. The smallest absolute Gasteiger partial charge is 0.240 e. The first-order valence-corrected chi connectivity index (χ1v) is 6.70. The zero-order valence-electron chi connectivity index (χ0n) is 12.1. The standard InChI is InChI=1S/C14H20N4O2/c1-8-5-18(6-12(8)16)7-13(19)17-14-11(4-15)9(2)10(3)20-14/h8,12H,5-7,16H2,1-3H3,(H,17,19). The molecule has 0 bridgehead atoms. The van der Waals surface area contributed by atoms with Crippen LogP contribution >= 0.6 is 0 Å². The topological polar surface area (TPSA) is 95.3 Å². The van der Waals surface area contributed by atoms with Gasteiger partial charge >= 0.3 is 0 Å². The molecule has 0 saturated carbocycles. The summed E-state index contributed by atoms with van der Waals surface area (Å²) in [5.74, 6) is 1.10. The summed E-state index contributed by atoms with van der Waals surface area (Å²) in [7, 11) is 0. The molecular formula is C14H20N4O2. The quantitative estimate of drug-likeness (QED) is 0.858. The summed E-state index contributed by atoms with van der Waals surface area (Å²) in [5.41, 5.74) is 7.09. The van der Waals surface area contributed by atoms with E-state index in [-0.39, 0.29) is 24.4 Å². The number of rotatable bonds is 3. The highest BCUT2D eigenvalue weighted by Gasteiger charge is 2.28. The average molecular weight is 276 g/mol. The number of nitrogens with one attached hydrogen (secondary N) is 1. The van der Waals surface area contributed by atoms with Gasteiger partial charge in [0.1, 0.15) is 17.4 Å². The zero-order valence-corrected chi connectivity index (χ0v) is 12.1. The lowest BCUT2D eigenvalue weighted by atomic mass is 10.1. The molecule has 3 N–H and O–H groups in total. The normalized spacial score (nSPS) is 22.8. The van der Waals surface area contributed by atoms with Crippen LogP contribution in [-0.4, -0.2) is 36.5 Å². The lowest BCUT2D eigenvalue weighted by Gasteiger charge is -2.14. The van der Waals surface area contributed by atoms with Crippen LogP contribution < -0.4 is 11.1 Å². The van der Waals surface area contributed by atoms with Crippen LogP contribution in [0.5, 0.6) is 0 Å². The molecule has 0 aromatic carbocycles. The summed E-state index contributed by atoms with van der Waals surface area (Å²) in [6, 6.07) is 2.17. The first kappa shape index (κ1) is 14.6. The lowest BCUT2D eigenvalue weighted by Crippen LogP contribution is -2.33. The van der Waals surface area contributed by atoms with Crippen molar-refractivity contribution in [3.8, 4) is 6.07 Å². The van der Waals surface area contributed by atoms with Crippen LogP contribution in [0.3, 0.4) is 0 Å². The molecule has 2 heterocycles. The first-order chi connectivity index (χ1) is 9.42. The van der Waals surface area contributed by atoms with E-state index in [1.54, 1.807) is 13.8 Å². The fraction of sp³-hybridized carbons (Fsp3) is 0.571. The van der Waals surface area contributed by atoms with E-state index in [4.69, 9.17) is 15.4 Å². The summed E-state index contributed by atoms with van der Waals surface area (Å²) in [4.78, 5) is 14.0. The highest BCUT2D eigenvalue weighted by Crippen LogP contribution is 2.25. The Balaban J connectivity index is 1.99. The monoisotopic (exact) mass is 276 g/mol. The third kappa shape index (κ3) is 2.84. The molecular weight excluding hydrogens is 256 g/mol. The van der Waals surface area contributed by atoms with Crippen LogP contribution in [0.2, 0.25) is 0 Å². The van der Waals surface area contributed by atoms with Gasteiger partial charge in [0.05, 0.1) is 6.54 Å². The van der Waals surface area contributed by atoms with E-state index >= 15 is 0 Å². The van der Waals surface area contributed by atoms with Crippen LogP contribution in [0.15, 0.2) is 4.42 Å². The molecule has 2 unspecified atom stereocenters. The van der Waals surface area contributed by atoms with E-state index in [2.05, 4.69) is 18.3 Å². The van der Waals surface area contributed by atoms with Crippen LogP contribution in [0.4, 0.5) is 5.88 Å². The number of hydrogen-bond acceptors (Lipinski definition) is 5. The van der Waals surface area contributed by atoms with E-state index in [1.807, 2.05) is 4.90 Å². The van der Waals surface area contributed by atoms with Crippen molar-refractivity contribution in [2.75, 3.05) is 25.0 Å². The Labute approximate surface area is 118 Å². The van der Waals surface area contributed by atoms with Crippen molar-refractivity contribution in [3.63, 3.8) is 0 Å². The van der Waals surface area contributed by atoms with Crippen LogP contribution in [0.1, 0.15) is 23.8 Å². The Kier molecular flexibility index (Phi) is 4.12. The van der Waals surface area contributed by atoms with E-state index < -0.39 is 0 Å². The minimum Gasteiger partial charge on any atom is -0.444 e. The Morgan fingerprint density at radius 2 is 2.25 bits per heavy atom. The Bertz CT molecular complexity index is 548. The number of carbonyl (C=O) groups excluding carboxylic acids is 1. The molecule has 2 atom stereocenters. The Morgan fingerprint density at radius 1 is 1.55 bits per heavy atom. The maximum Gasteiger partial charge on any atom is 0.240 e.